The van der Waals surface area contributed by atoms with Crippen LogP contribution in [0.1, 0.15) is 18.1 Å². The van der Waals surface area contributed by atoms with Crippen LogP contribution >= 0.6 is 0 Å². The van der Waals surface area contributed by atoms with E-state index in [1.165, 1.54) is 44.3 Å². The number of hydrogen-bond acceptors (Lipinski definition) is 6. The van der Waals surface area contributed by atoms with Gasteiger partial charge in [0, 0.05) is 31.3 Å². The summed E-state index contributed by atoms with van der Waals surface area (Å²) in [4.78, 5) is 37.1. The number of anilines is 1. The Bertz CT molecular complexity index is 1170. The second-order valence-corrected chi connectivity index (χ2v) is 9.31. The predicted octanol–water partition coefficient (Wildman–Crippen LogP) is 1.97. The van der Waals surface area contributed by atoms with Crippen LogP contribution in [-0.4, -0.2) is 55.9 Å². The van der Waals surface area contributed by atoms with Crippen LogP contribution in [-0.2, 0) is 26.2 Å². The van der Waals surface area contributed by atoms with Gasteiger partial charge in [0.1, 0.15) is 18.4 Å². The summed E-state index contributed by atoms with van der Waals surface area (Å²) >= 11 is 0. The smallest absolute Gasteiger partial charge is 0.271 e. The van der Waals surface area contributed by atoms with E-state index in [9.17, 15) is 32.5 Å². The highest BCUT2D eigenvalue weighted by atomic mass is 32.2. The molecule has 33 heavy (non-hydrogen) atoms. The first-order valence-corrected chi connectivity index (χ1v) is 11.7. The predicted molar refractivity (Wildman–Crippen MR) is 121 cm³/mol. The van der Waals surface area contributed by atoms with Gasteiger partial charge in [0.25, 0.3) is 5.69 Å². The van der Waals surface area contributed by atoms with Gasteiger partial charge < -0.3 is 10.2 Å². The minimum Gasteiger partial charge on any atom is -0.357 e. The van der Waals surface area contributed by atoms with Crippen molar-refractivity contribution in [2.75, 3.05) is 24.2 Å². The molecule has 2 rings (SSSR count). The summed E-state index contributed by atoms with van der Waals surface area (Å²) in [7, 11) is -2.68. The van der Waals surface area contributed by atoms with E-state index in [4.69, 9.17) is 0 Å². The van der Waals surface area contributed by atoms with Gasteiger partial charge in [0.15, 0.2) is 0 Å². The van der Waals surface area contributed by atoms with Crippen molar-refractivity contribution in [1.29, 1.82) is 0 Å². The maximum absolute atomic E-state index is 14.2. The number of carbonyl (C=O) groups is 2. The van der Waals surface area contributed by atoms with Crippen molar-refractivity contribution in [2.45, 2.75) is 26.4 Å². The van der Waals surface area contributed by atoms with Gasteiger partial charge in [-0.25, -0.2) is 12.8 Å². The number of likely N-dealkylation sites (N-methyl/N-ethyl adjacent to an activating group) is 1. The number of benzene rings is 2. The summed E-state index contributed by atoms with van der Waals surface area (Å²) in [6.07, 6.45) is 0.863. The van der Waals surface area contributed by atoms with Crippen LogP contribution < -0.4 is 9.62 Å². The quantitative estimate of drug-likeness (QED) is 0.431. The number of amides is 2. The molecule has 0 aliphatic rings. The highest BCUT2D eigenvalue weighted by Gasteiger charge is 2.31. The van der Waals surface area contributed by atoms with Crippen LogP contribution in [0.4, 0.5) is 15.8 Å². The number of carbonyl (C=O) groups excluding carboxylic acids is 2. The highest BCUT2D eigenvalue weighted by molar-refractivity contribution is 7.92. The maximum atomic E-state index is 14.2. The van der Waals surface area contributed by atoms with Gasteiger partial charge in [-0.2, -0.15) is 0 Å². The van der Waals surface area contributed by atoms with Gasteiger partial charge in [-0.15, -0.1) is 0 Å². The number of nitro benzene ring substituents is 1. The maximum Gasteiger partial charge on any atom is 0.271 e. The summed E-state index contributed by atoms with van der Waals surface area (Å²) < 4.78 is 40.1. The molecule has 10 nitrogen and oxygen atoms in total. The Balaban J connectivity index is 2.49. The van der Waals surface area contributed by atoms with Crippen molar-refractivity contribution in [1.82, 2.24) is 10.2 Å². The molecule has 12 heteroatoms. The molecule has 0 aliphatic carbocycles. The second kappa shape index (κ2) is 10.4. The molecule has 0 bridgehead atoms. The van der Waals surface area contributed by atoms with E-state index >= 15 is 0 Å². The number of hydrogen-bond donors (Lipinski definition) is 1. The molecule has 0 spiro atoms. The van der Waals surface area contributed by atoms with E-state index in [1.807, 2.05) is 0 Å². The van der Waals surface area contributed by atoms with Gasteiger partial charge in [0.2, 0.25) is 21.8 Å². The Morgan fingerprint density at radius 2 is 1.85 bits per heavy atom. The molecular formula is C21H25FN4O6S. The van der Waals surface area contributed by atoms with Gasteiger partial charge >= 0.3 is 0 Å². The molecule has 0 unspecified atom stereocenters. The van der Waals surface area contributed by atoms with Gasteiger partial charge in [0.05, 0.1) is 16.9 Å². The molecule has 0 radical (unpaired) electrons. The first kappa shape index (κ1) is 25.7. The lowest BCUT2D eigenvalue weighted by Crippen LogP contribution is -2.50. The number of non-ortho nitro benzene ring substituents is 1. The third kappa shape index (κ3) is 6.25. The molecular weight excluding hydrogens is 455 g/mol. The average Bonchev–Trinajstić information content (AvgIpc) is 2.75. The highest BCUT2D eigenvalue weighted by Crippen LogP contribution is 2.28. The summed E-state index contributed by atoms with van der Waals surface area (Å²) in [5.74, 6) is -1.91. The van der Waals surface area contributed by atoms with Crippen LogP contribution in [0.2, 0.25) is 0 Å². The lowest BCUT2D eigenvalue weighted by Gasteiger charge is -2.31. The standard InChI is InChI=1S/C21H25FN4O6S/c1-14-9-10-17(26(29)30)11-19(14)25(33(4,31)32)13-20(27)24(15(2)21(28)23-3)12-16-7-5-6-8-18(16)22/h5-11,15H,12-13H2,1-4H3,(H,23,28)/t15-/m0/s1. The van der Waals surface area contributed by atoms with E-state index in [2.05, 4.69) is 5.32 Å². The Labute approximate surface area is 191 Å². The fourth-order valence-corrected chi connectivity index (χ4v) is 4.08. The Kier molecular flexibility index (Phi) is 8.09. The molecule has 0 saturated heterocycles. The summed E-state index contributed by atoms with van der Waals surface area (Å²) in [6, 6.07) is 8.31. The normalized spacial score (nSPS) is 12.0. The largest absolute Gasteiger partial charge is 0.357 e. The molecule has 0 aliphatic heterocycles. The minimum absolute atomic E-state index is 0.0431. The molecule has 2 aromatic rings. The zero-order valence-corrected chi connectivity index (χ0v) is 19.4. The summed E-state index contributed by atoms with van der Waals surface area (Å²) in [5, 5.41) is 13.6. The van der Waals surface area contributed by atoms with Gasteiger partial charge in [-0.05, 0) is 25.5 Å². The zero-order chi connectivity index (χ0) is 24.9. The monoisotopic (exact) mass is 480 g/mol. The molecule has 0 saturated carbocycles. The van der Waals surface area contributed by atoms with E-state index in [1.54, 1.807) is 13.0 Å². The van der Waals surface area contributed by atoms with E-state index in [0.29, 0.717) is 5.56 Å². The Hall–Kier alpha value is -3.54. The molecule has 0 heterocycles. The molecule has 2 amide bonds. The first-order valence-electron chi connectivity index (χ1n) is 9.84. The molecule has 0 fully saturated rings. The molecule has 0 aromatic heterocycles. The fourth-order valence-electron chi connectivity index (χ4n) is 3.18. The average molecular weight is 481 g/mol. The third-order valence-electron chi connectivity index (χ3n) is 5.06. The summed E-state index contributed by atoms with van der Waals surface area (Å²) in [5.41, 5.74) is 0.134. The van der Waals surface area contributed by atoms with Crippen LogP contribution in [0.3, 0.4) is 0 Å². The number of nitrogens with one attached hydrogen (secondary N) is 1. The van der Waals surface area contributed by atoms with Crippen LogP contribution in [0.5, 0.6) is 0 Å². The SMILES string of the molecule is CNC(=O)[C@H](C)N(Cc1ccccc1F)C(=O)CN(c1cc([N+](=O)[O-])ccc1C)S(C)(=O)=O. The molecule has 1 atom stereocenters. The van der Waals surface area contributed by atoms with Crippen molar-refractivity contribution < 1.29 is 27.3 Å². The van der Waals surface area contributed by atoms with Crippen molar-refractivity contribution in [3.63, 3.8) is 0 Å². The number of aryl methyl sites for hydroxylation is 1. The van der Waals surface area contributed by atoms with E-state index in [-0.39, 0.29) is 23.5 Å². The van der Waals surface area contributed by atoms with Crippen LogP contribution in [0, 0.1) is 22.9 Å². The van der Waals surface area contributed by atoms with Gasteiger partial charge in [-0.1, -0.05) is 24.3 Å². The Morgan fingerprint density at radius 3 is 2.39 bits per heavy atom. The topological polar surface area (TPSA) is 130 Å². The number of halogens is 1. The lowest BCUT2D eigenvalue weighted by atomic mass is 10.1. The van der Waals surface area contributed by atoms with Gasteiger partial charge in [-0.3, -0.25) is 24.0 Å². The van der Waals surface area contributed by atoms with E-state index < -0.39 is 45.2 Å². The van der Waals surface area contributed by atoms with Crippen molar-refractivity contribution in [2.24, 2.45) is 0 Å². The molecule has 1 N–H and O–H groups in total. The number of sulfonamides is 1. The Morgan fingerprint density at radius 1 is 1.21 bits per heavy atom. The zero-order valence-electron chi connectivity index (χ0n) is 18.6. The minimum atomic E-state index is -4.06. The lowest BCUT2D eigenvalue weighted by molar-refractivity contribution is -0.384. The molecule has 2 aromatic carbocycles. The molecule has 178 valence electrons. The van der Waals surface area contributed by atoms with Crippen molar-refractivity contribution >= 4 is 33.2 Å². The first-order chi connectivity index (χ1) is 15.4. The number of nitrogens with zero attached hydrogens (tertiary/aromatic N) is 3. The third-order valence-corrected chi connectivity index (χ3v) is 6.19. The van der Waals surface area contributed by atoms with Crippen LogP contribution in [0.25, 0.3) is 0 Å². The van der Waals surface area contributed by atoms with Crippen molar-refractivity contribution in [3.8, 4) is 0 Å². The number of nitro groups is 1. The van der Waals surface area contributed by atoms with Crippen LogP contribution in [0.15, 0.2) is 42.5 Å². The second-order valence-electron chi connectivity index (χ2n) is 7.40. The van der Waals surface area contributed by atoms with Crippen molar-refractivity contribution in [3.05, 3.63) is 69.5 Å². The van der Waals surface area contributed by atoms with E-state index in [0.717, 1.165) is 21.5 Å². The number of rotatable bonds is 9. The summed E-state index contributed by atoms with van der Waals surface area (Å²) in [6.45, 7) is 1.95. The fraction of sp³-hybridized carbons (Fsp3) is 0.333.